The molecular weight excluding hydrogens is 372 g/mol. The van der Waals surface area contributed by atoms with E-state index in [0.717, 1.165) is 49.4 Å². The third-order valence-corrected chi connectivity index (χ3v) is 6.18. The maximum Gasteiger partial charge on any atom is 0.251 e. The van der Waals surface area contributed by atoms with Gasteiger partial charge in [-0.05, 0) is 55.4 Å². The van der Waals surface area contributed by atoms with Crippen LogP contribution in [0.15, 0.2) is 60.9 Å². The molecule has 30 heavy (non-hydrogen) atoms. The molecule has 1 amide bonds. The SMILES string of the molecule is O=C(NC1CCCc2ccccc21)c1cccc(-c2cc(N3CCCC3)ncn2)c1. The number of hydrogen-bond acceptors (Lipinski definition) is 4. The molecule has 2 aliphatic rings. The van der Waals surface area contributed by atoms with Gasteiger partial charge in [0.1, 0.15) is 12.1 Å². The normalized spacial score (nSPS) is 18.1. The Kier molecular flexibility index (Phi) is 5.18. The van der Waals surface area contributed by atoms with E-state index in [1.165, 1.54) is 24.0 Å². The number of hydrogen-bond donors (Lipinski definition) is 1. The van der Waals surface area contributed by atoms with Crippen LogP contribution < -0.4 is 10.2 Å². The number of benzene rings is 2. The predicted octanol–water partition coefficient (Wildman–Crippen LogP) is 4.55. The summed E-state index contributed by atoms with van der Waals surface area (Å²) in [6, 6.07) is 18.3. The number of aryl methyl sites for hydroxylation is 1. The summed E-state index contributed by atoms with van der Waals surface area (Å²) in [6.07, 6.45) is 7.20. The van der Waals surface area contributed by atoms with Crippen LogP contribution in [0.3, 0.4) is 0 Å². The second-order valence-electron chi connectivity index (χ2n) is 8.15. The maximum absolute atomic E-state index is 13.0. The summed E-state index contributed by atoms with van der Waals surface area (Å²) in [5.41, 5.74) is 5.05. The first kappa shape index (κ1) is 18.8. The summed E-state index contributed by atoms with van der Waals surface area (Å²) in [6.45, 7) is 2.09. The molecule has 5 rings (SSSR count). The Labute approximate surface area is 177 Å². The van der Waals surface area contributed by atoms with Crippen molar-refractivity contribution in [3.63, 3.8) is 0 Å². The summed E-state index contributed by atoms with van der Waals surface area (Å²) >= 11 is 0. The molecule has 0 bridgehead atoms. The Hall–Kier alpha value is -3.21. The molecule has 1 aromatic heterocycles. The van der Waals surface area contributed by atoms with Gasteiger partial charge in [-0.15, -0.1) is 0 Å². The topological polar surface area (TPSA) is 58.1 Å². The van der Waals surface area contributed by atoms with Crippen LogP contribution in [0.25, 0.3) is 11.3 Å². The Bertz CT molecular complexity index is 1060. The van der Waals surface area contributed by atoms with Gasteiger partial charge >= 0.3 is 0 Å². The van der Waals surface area contributed by atoms with Crippen molar-refractivity contribution in [1.82, 2.24) is 15.3 Å². The maximum atomic E-state index is 13.0. The largest absolute Gasteiger partial charge is 0.357 e. The number of amides is 1. The second-order valence-corrected chi connectivity index (χ2v) is 8.15. The minimum Gasteiger partial charge on any atom is -0.357 e. The van der Waals surface area contributed by atoms with E-state index in [4.69, 9.17) is 0 Å². The number of fused-ring (bicyclic) bond motifs is 1. The monoisotopic (exact) mass is 398 g/mol. The molecule has 1 atom stereocenters. The van der Waals surface area contributed by atoms with Crippen LogP contribution in [-0.4, -0.2) is 29.0 Å². The molecule has 1 N–H and O–H groups in total. The average Bonchev–Trinajstić information content (AvgIpc) is 3.35. The lowest BCUT2D eigenvalue weighted by Gasteiger charge is -2.26. The second kappa shape index (κ2) is 8.27. The highest BCUT2D eigenvalue weighted by atomic mass is 16.1. The molecule has 1 aliphatic heterocycles. The van der Waals surface area contributed by atoms with Crippen LogP contribution in [0.1, 0.15) is 53.2 Å². The van der Waals surface area contributed by atoms with Gasteiger partial charge in [-0.2, -0.15) is 0 Å². The van der Waals surface area contributed by atoms with Crippen molar-refractivity contribution in [3.05, 3.63) is 77.6 Å². The first-order valence-corrected chi connectivity index (χ1v) is 10.8. The van der Waals surface area contributed by atoms with E-state index in [1.807, 2.05) is 30.3 Å². The third-order valence-electron chi connectivity index (χ3n) is 6.18. The fourth-order valence-corrected chi connectivity index (χ4v) is 4.59. The molecule has 3 aromatic rings. The number of nitrogens with zero attached hydrogens (tertiary/aromatic N) is 3. The molecule has 5 nitrogen and oxygen atoms in total. The zero-order valence-electron chi connectivity index (χ0n) is 17.1. The van der Waals surface area contributed by atoms with Crippen molar-refractivity contribution in [1.29, 1.82) is 0 Å². The smallest absolute Gasteiger partial charge is 0.251 e. The zero-order valence-corrected chi connectivity index (χ0v) is 17.1. The summed E-state index contributed by atoms with van der Waals surface area (Å²) in [7, 11) is 0. The predicted molar refractivity (Wildman–Crippen MR) is 119 cm³/mol. The molecule has 152 valence electrons. The van der Waals surface area contributed by atoms with Gasteiger partial charge in [0, 0.05) is 30.3 Å². The molecule has 1 saturated heterocycles. The highest BCUT2D eigenvalue weighted by Crippen LogP contribution is 2.30. The van der Waals surface area contributed by atoms with Crippen molar-refractivity contribution in [2.45, 2.75) is 38.1 Å². The summed E-state index contributed by atoms with van der Waals surface area (Å²) < 4.78 is 0. The highest BCUT2D eigenvalue weighted by molar-refractivity contribution is 5.95. The fraction of sp³-hybridized carbons (Fsp3) is 0.320. The molecule has 2 aromatic carbocycles. The number of carbonyl (C=O) groups excluding carboxylic acids is 1. The zero-order chi connectivity index (χ0) is 20.3. The third kappa shape index (κ3) is 3.80. The molecule has 5 heteroatoms. The van der Waals surface area contributed by atoms with Crippen LogP contribution in [-0.2, 0) is 6.42 Å². The van der Waals surface area contributed by atoms with E-state index in [0.29, 0.717) is 5.56 Å². The average molecular weight is 399 g/mol. The van der Waals surface area contributed by atoms with Crippen molar-refractivity contribution in [2.75, 3.05) is 18.0 Å². The molecular formula is C25H26N4O. The van der Waals surface area contributed by atoms with E-state index in [1.54, 1.807) is 6.33 Å². The first-order valence-electron chi connectivity index (χ1n) is 10.8. The van der Waals surface area contributed by atoms with E-state index in [-0.39, 0.29) is 11.9 Å². The van der Waals surface area contributed by atoms with Crippen LogP contribution in [0.4, 0.5) is 5.82 Å². The lowest BCUT2D eigenvalue weighted by Crippen LogP contribution is -2.30. The molecule has 0 radical (unpaired) electrons. The number of carbonyl (C=O) groups is 1. The first-order chi connectivity index (χ1) is 14.8. The fourth-order valence-electron chi connectivity index (χ4n) is 4.59. The van der Waals surface area contributed by atoms with Crippen LogP contribution in [0.2, 0.25) is 0 Å². The Balaban J connectivity index is 1.37. The number of anilines is 1. The van der Waals surface area contributed by atoms with Gasteiger partial charge in [0.2, 0.25) is 0 Å². The standard InChI is InChI=1S/C25H26N4O/c30-25(28-22-12-6-8-18-7-1-2-11-21(18)22)20-10-5-9-19(15-20)23-16-24(27-17-26-23)29-13-3-4-14-29/h1-2,5,7,9-11,15-17,22H,3-4,6,8,12-14H2,(H,28,30). The quantitative estimate of drug-likeness (QED) is 0.700. The Morgan fingerprint density at radius 2 is 1.83 bits per heavy atom. The van der Waals surface area contributed by atoms with Crippen molar-refractivity contribution in [3.8, 4) is 11.3 Å². The van der Waals surface area contributed by atoms with E-state index in [2.05, 4.69) is 44.5 Å². The summed E-state index contributed by atoms with van der Waals surface area (Å²) in [4.78, 5) is 24.2. The Morgan fingerprint density at radius 3 is 2.73 bits per heavy atom. The van der Waals surface area contributed by atoms with Crippen molar-refractivity contribution in [2.24, 2.45) is 0 Å². The molecule has 1 fully saturated rings. The van der Waals surface area contributed by atoms with Gasteiger partial charge in [0.25, 0.3) is 5.91 Å². The van der Waals surface area contributed by atoms with Crippen molar-refractivity contribution < 1.29 is 4.79 Å². The van der Waals surface area contributed by atoms with Gasteiger partial charge < -0.3 is 10.2 Å². The lowest BCUT2D eigenvalue weighted by molar-refractivity contribution is 0.0933. The van der Waals surface area contributed by atoms with Crippen molar-refractivity contribution >= 4 is 11.7 Å². The molecule has 0 spiro atoms. The van der Waals surface area contributed by atoms with Gasteiger partial charge in [0.05, 0.1) is 11.7 Å². The van der Waals surface area contributed by atoms with Crippen LogP contribution >= 0.6 is 0 Å². The lowest BCUT2D eigenvalue weighted by atomic mass is 9.87. The molecule has 2 heterocycles. The van der Waals surface area contributed by atoms with Gasteiger partial charge in [0.15, 0.2) is 0 Å². The van der Waals surface area contributed by atoms with Gasteiger partial charge in [-0.1, -0.05) is 36.4 Å². The minimum atomic E-state index is -0.0348. The Morgan fingerprint density at radius 1 is 0.967 bits per heavy atom. The molecule has 0 saturated carbocycles. The molecule has 1 aliphatic carbocycles. The molecule has 1 unspecified atom stereocenters. The minimum absolute atomic E-state index is 0.0348. The summed E-state index contributed by atoms with van der Waals surface area (Å²) in [5, 5.41) is 3.25. The van der Waals surface area contributed by atoms with Gasteiger partial charge in [-0.3, -0.25) is 4.79 Å². The number of nitrogens with one attached hydrogen (secondary N) is 1. The van der Waals surface area contributed by atoms with Crippen LogP contribution in [0.5, 0.6) is 0 Å². The highest BCUT2D eigenvalue weighted by Gasteiger charge is 2.22. The van der Waals surface area contributed by atoms with E-state index < -0.39 is 0 Å². The number of rotatable bonds is 4. The van der Waals surface area contributed by atoms with Gasteiger partial charge in [-0.25, -0.2) is 9.97 Å². The van der Waals surface area contributed by atoms with E-state index in [9.17, 15) is 4.79 Å². The van der Waals surface area contributed by atoms with E-state index >= 15 is 0 Å². The summed E-state index contributed by atoms with van der Waals surface area (Å²) in [5.74, 6) is 0.929. The van der Waals surface area contributed by atoms with Crippen LogP contribution in [0, 0.1) is 0 Å². The number of aromatic nitrogens is 2.